The van der Waals surface area contributed by atoms with E-state index in [-0.39, 0.29) is 11.4 Å². The van der Waals surface area contributed by atoms with Crippen molar-refractivity contribution in [2.75, 3.05) is 13.2 Å². The lowest BCUT2D eigenvalue weighted by Crippen LogP contribution is -2.30. The Morgan fingerprint density at radius 2 is 2.12 bits per heavy atom. The molecule has 0 unspecified atom stereocenters. The van der Waals surface area contributed by atoms with Crippen LogP contribution in [0.25, 0.3) is 10.8 Å². The van der Waals surface area contributed by atoms with Crippen molar-refractivity contribution < 1.29 is 24.5 Å². The summed E-state index contributed by atoms with van der Waals surface area (Å²) in [6, 6.07) is 3.53. The minimum atomic E-state index is -1.19. The Balaban J connectivity index is 2.49. The van der Waals surface area contributed by atoms with E-state index < -0.39 is 18.4 Å². The summed E-state index contributed by atoms with van der Waals surface area (Å²) in [5, 5.41) is 22.4. The number of carbonyl (C=O) groups excluding carboxylic acids is 1. The number of aliphatic carboxylic acids is 1. The number of aromatic hydroxyl groups is 1. The molecule has 0 aliphatic heterocycles. The van der Waals surface area contributed by atoms with Crippen LogP contribution in [0.2, 0.25) is 0 Å². The largest absolute Gasteiger partial charge is 0.505 e. The van der Waals surface area contributed by atoms with Crippen molar-refractivity contribution in [1.82, 2.24) is 10.3 Å². The number of fused-ring (bicyclic) bond motifs is 1. The molecule has 2 rings (SSSR count). The molecule has 0 bridgehead atoms. The second-order valence-corrected chi connectivity index (χ2v) is 7.01. The van der Waals surface area contributed by atoms with E-state index >= 15 is 0 Å². The number of carboxylic acid groups (broad SMARTS) is 1. The normalized spacial score (nSPS) is 10.7. The van der Waals surface area contributed by atoms with Crippen LogP contribution < -0.4 is 10.1 Å². The number of unbranched alkanes of at least 4 members (excludes halogenated alkanes) is 1. The number of hydrogen-bond acceptors (Lipinski definition) is 5. The van der Waals surface area contributed by atoms with Gasteiger partial charge in [-0.15, -0.1) is 0 Å². The van der Waals surface area contributed by atoms with Gasteiger partial charge in [0.25, 0.3) is 5.91 Å². The monoisotopic (exact) mass is 522 g/mol. The molecule has 134 valence electrons. The minimum Gasteiger partial charge on any atom is -0.505 e. The fraction of sp³-hybridized carbons (Fsp3) is 0.312. The Morgan fingerprint density at radius 1 is 1.40 bits per heavy atom. The van der Waals surface area contributed by atoms with Gasteiger partial charge in [0.05, 0.1) is 10.2 Å². The van der Waals surface area contributed by atoms with Gasteiger partial charge in [0.15, 0.2) is 11.4 Å². The number of hydrogen-bond donors (Lipinski definition) is 3. The molecule has 1 aromatic carbocycles. The van der Waals surface area contributed by atoms with Gasteiger partial charge in [-0.2, -0.15) is 0 Å². The molecule has 9 heteroatoms. The highest BCUT2D eigenvalue weighted by Gasteiger charge is 2.22. The molecule has 25 heavy (non-hydrogen) atoms. The molecule has 1 heterocycles. The lowest BCUT2D eigenvalue weighted by atomic mass is 10.1. The number of carbonyl (C=O) groups is 2. The maximum absolute atomic E-state index is 12.1. The quantitative estimate of drug-likeness (QED) is 0.292. The summed E-state index contributed by atoms with van der Waals surface area (Å²) in [6.07, 6.45) is 1.90. The molecule has 3 N–H and O–H groups in total. The number of nitrogens with one attached hydrogen (secondary N) is 1. The van der Waals surface area contributed by atoms with Gasteiger partial charge in [-0.25, -0.2) is 4.98 Å². The molecule has 0 spiro atoms. The average Bonchev–Trinajstić information content (AvgIpc) is 2.57. The number of nitrogens with zero attached hydrogens (tertiary/aromatic N) is 1. The smallest absolute Gasteiger partial charge is 0.322 e. The van der Waals surface area contributed by atoms with Crippen molar-refractivity contribution in [2.24, 2.45) is 0 Å². The lowest BCUT2D eigenvalue weighted by molar-refractivity contribution is -0.135. The maximum Gasteiger partial charge on any atom is 0.322 e. The van der Waals surface area contributed by atoms with Crippen LogP contribution in [0.15, 0.2) is 16.7 Å². The Hall–Kier alpha value is -1.62. The number of halogens is 2. The zero-order valence-electron chi connectivity index (χ0n) is 13.3. The van der Waals surface area contributed by atoms with Crippen molar-refractivity contribution in [1.29, 1.82) is 0 Å². The summed E-state index contributed by atoms with van der Waals surface area (Å²) in [4.78, 5) is 26.8. The molecule has 7 nitrogen and oxygen atoms in total. The van der Waals surface area contributed by atoms with Gasteiger partial charge in [0, 0.05) is 10.8 Å². The highest BCUT2D eigenvalue weighted by molar-refractivity contribution is 14.1. The fourth-order valence-electron chi connectivity index (χ4n) is 2.13. The van der Waals surface area contributed by atoms with E-state index in [1.54, 1.807) is 12.1 Å². The highest BCUT2D eigenvalue weighted by atomic mass is 127. The van der Waals surface area contributed by atoms with Gasteiger partial charge in [-0.05, 0) is 57.1 Å². The van der Waals surface area contributed by atoms with Crippen molar-refractivity contribution in [3.05, 3.63) is 26.0 Å². The number of carboxylic acids is 1. The minimum absolute atomic E-state index is 0.246. The van der Waals surface area contributed by atoms with E-state index in [1.807, 2.05) is 22.6 Å². The standard InChI is InChI=1S/C16H16BrIN2O5/c1-2-3-6-25-9-5-4-8-11(12(9)18)14(23)13(20-15(8)17)16(24)19-7-10(21)22/h4-5,23H,2-3,6-7H2,1H3,(H,19,24)(H,21,22). The fourth-order valence-corrected chi connectivity index (χ4v) is 3.52. The van der Waals surface area contributed by atoms with Crippen LogP contribution in [0.1, 0.15) is 30.3 Å². The zero-order valence-corrected chi connectivity index (χ0v) is 17.0. The van der Waals surface area contributed by atoms with E-state index in [2.05, 4.69) is 33.2 Å². The summed E-state index contributed by atoms with van der Waals surface area (Å²) in [5.41, 5.74) is -0.246. The van der Waals surface area contributed by atoms with Gasteiger partial charge >= 0.3 is 5.97 Å². The molecule has 0 saturated carbocycles. The molecule has 0 atom stereocenters. The first kappa shape index (κ1) is 19.7. The summed E-state index contributed by atoms with van der Waals surface area (Å²) in [7, 11) is 0. The lowest BCUT2D eigenvalue weighted by Gasteiger charge is -2.14. The molecular weight excluding hydrogens is 507 g/mol. The van der Waals surface area contributed by atoms with Gasteiger partial charge in [0.1, 0.15) is 16.9 Å². The number of benzene rings is 1. The Labute approximate surface area is 166 Å². The molecule has 0 radical (unpaired) electrons. The second-order valence-electron chi connectivity index (χ2n) is 5.18. The third-order valence-corrected chi connectivity index (χ3v) is 5.05. The van der Waals surface area contributed by atoms with Crippen LogP contribution in [-0.2, 0) is 4.79 Å². The summed E-state index contributed by atoms with van der Waals surface area (Å²) >= 11 is 5.34. The molecule has 0 saturated heterocycles. The maximum atomic E-state index is 12.1. The SMILES string of the molecule is CCCCOc1ccc2c(Br)nc(C(=O)NCC(=O)O)c(O)c2c1I. The molecule has 2 aromatic rings. The van der Waals surface area contributed by atoms with Crippen molar-refractivity contribution in [3.8, 4) is 11.5 Å². The van der Waals surface area contributed by atoms with E-state index in [0.717, 1.165) is 12.8 Å². The van der Waals surface area contributed by atoms with E-state index in [1.165, 1.54) is 0 Å². The van der Waals surface area contributed by atoms with Crippen LogP contribution >= 0.6 is 38.5 Å². The van der Waals surface area contributed by atoms with Crippen LogP contribution in [0.3, 0.4) is 0 Å². The first-order valence-corrected chi connectivity index (χ1v) is 9.37. The van der Waals surface area contributed by atoms with Gasteiger partial charge in [0.2, 0.25) is 0 Å². The van der Waals surface area contributed by atoms with Crippen molar-refractivity contribution >= 4 is 61.2 Å². The number of pyridine rings is 1. The molecule has 0 aliphatic carbocycles. The highest BCUT2D eigenvalue weighted by Crippen LogP contribution is 2.39. The van der Waals surface area contributed by atoms with E-state index in [9.17, 15) is 14.7 Å². The van der Waals surface area contributed by atoms with Crippen LogP contribution in [0, 0.1) is 3.57 Å². The van der Waals surface area contributed by atoms with Gasteiger partial charge in [-0.3, -0.25) is 9.59 Å². The first-order valence-electron chi connectivity index (χ1n) is 7.50. The van der Waals surface area contributed by atoms with E-state index in [4.69, 9.17) is 9.84 Å². The van der Waals surface area contributed by atoms with Crippen LogP contribution in [0.5, 0.6) is 11.5 Å². The number of rotatable bonds is 7. The van der Waals surface area contributed by atoms with Crippen LogP contribution in [0.4, 0.5) is 0 Å². The van der Waals surface area contributed by atoms with Gasteiger partial charge in [-0.1, -0.05) is 13.3 Å². The number of amides is 1. The molecule has 0 fully saturated rings. The number of aromatic nitrogens is 1. The Morgan fingerprint density at radius 3 is 2.76 bits per heavy atom. The Kier molecular flexibility index (Phi) is 6.82. The predicted octanol–water partition coefficient (Wildman–Crippen LogP) is 3.30. The first-order chi connectivity index (χ1) is 11.9. The second kappa shape index (κ2) is 8.65. The summed E-state index contributed by atoms with van der Waals surface area (Å²) < 4.78 is 6.75. The molecule has 1 aromatic heterocycles. The number of ether oxygens (including phenoxy) is 1. The van der Waals surface area contributed by atoms with Crippen molar-refractivity contribution in [2.45, 2.75) is 19.8 Å². The van der Waals surface area contributed by atoms with Crippen molar-refractivity contribution in [3.63, 3.8) is 0 Å². The molecule has 1 amide bonds. The van der Waals surface area contributed by atoms with Crippen LogP contribution in [-0.4, -0.2) is 40.2 Å². The van der Waals surface area contributed by atoms with E-state index in [0.29, 0.717) is 31.3 Å². The zero-order chi connectivity index (χ0) is 18.6. The summed E-state index contributed by atoms with van der Waals surface area (Å²) in [6.45, 7) is 2.05. The topological polar surface area (TPSA) is 109 Å². The third-order valence-electron chi connectivity index (χ3n) is 3.37. The average molecular weight is 523 g/mol. The predicted molar refractivity (Wildman–Crippen MR) is 104 cm³/mol. The summed E-state index contributed by atoms with van der Waals surface area (Å²) in [5.74, 6) is -1.66. The molecule has 0 aliphatic rings. The van der Waals surface area contributed by atoms with Gasteiger partial charge < -0.3 is 20.3 Å². The molecular formula is C16H16BrIN2O5. The Bertz CT molecular complexity index is 828. The third kappa shape index (κ3) is 4.51.